The van der Waals surface area contributed by atoms with Crippen molar-refractivity contribution in [1.29, 1.82) is 0 Å². The summed E-state index contributed by atoms with van der Waals surface area (Å²) in [4.78, 5) is 38.2. The lowest BCUT2D eigenvalue weighted by Crippen LogP contribution is -2.19. The Morgan fingerprint density at radius 3 is 2.58 bits per heavy atom. The predicted octanol–water partition coefficient (Wildman–Crippen LogP) is 4.83. The molecule has 4 aromatic rings. The minimum Gasteiger partial charge on any atom is -0.383 e. The summed E-state index contributed by atoms with van der Waals surface area (Å²) in [5, 5.41) is 6.42. The Morgan fingerprint density at radius 1 is 1.09 bits per heavy atom. The maximum Gasteiger partial charge on any atom is 0.323 e. The number of rotatable bonds is 5. The Kier molecular flexibility index (Phi) is 5.97. The summed E-state index contributed by atoms with van der Waals surface area (Å²) >= 11 is 6.11. The molecule has 0 bridgehead atoms. The largest absolute Gasteiger partial charge is 0.383 e. The fourth-order valence-corrected chi connectivity index (χ4v) is 3.61. The number of nitrogen functional groups attached to an aromatic ring is 1. The van der Waals surface area contributed by atoms with Gasteiger partial charge < -0.3 is 20.9 Å². The molecule has 0 aliphatic rings. The average molecular weight is 464 g/mol. The third kappa shape index (κ3) is 4.49. The van der Waals surface area contributed by atoms with Crippen LogP contribution in [0, 0.1) is 6.92 Å². The van der Waals surface area contributed by atoms with Crippen molar-refractivity contribution in [2.75, 3.05) is 16.4 Å². The summed E-state index contributed by atoms with van der Waals surface area (Å²) in [6, 6.07) is 6.34. The number of amides is 2. The molecule has 9 nitrogen and oxygen atoms in total. The van der Waals surface area contributed by atoms with E-state index >= 15 is 0 Å². The van der Waals surface area contributed by atoms with Gasteiger partial charge in [0.25, 0.3) is 0 Å². The Labute approximate surface area is 195 Å². The van der Waals surface area contributed by atoms with E-state index < -0.39 is 6.03 Å². The maximum atomic E-state index is 13.3. The second-order valence-electron chi connectivity index (χ2n) is 7.84. The van der Waals surface area contributed by atoms with Gasteiger partial charge in [-0.05, 0) is 44.5 Å². The van der Waals surface area contributed by atoms with Gasteiger partial charge in [0.2, 0.25) is 0 Å². The van der Waals surface area contributed by atoms with E-state index in [2.05, 4.69) is 25.6 Å². The number of fused-ring (bicyclic) bond motifs is 1. The fraction of sp³-hybridized carbons (Fsp3) is 0.174. The number of benzene rings is 1. The number of nitrogens with one attached hydrogen (secondary N) is 2. The van der Waals surface area contributed by atoms with E-state index in [1.165, 1.54) is 18.7 Å². The second kappa shape index (κ2) is 8.87. The van der Waals surface area contributed by atoms with Crippen LogP contribution in [-0.4, -0.2) is 31.3 Å². The number of ketones is 1. The molecule has 0 aliphatic heterocycles. The number of aryl methyl sites for hydroxylation is 1. The van der Waals surface area contributed by atoms with Crippen LogP contribution in [0.3, 0.4) is 0 Å². The van der Waals surface area contributed by atoms with Crippen LogP contribution < -0.4 is 16.4 Å². The van der Waals surface area contributed by atoms with Gasteiger partial charge in [0.1, 0.15) is 17.8 Å². The van der Waals surface area contributed by atoms with Crippen LogP contribution in [0.15, 0.2) is 49.2 Å². The smallest absolute Gasteiger partial charge is 0.323 e. The Morgan fingerprint density at radius 2 is 1.85 bits per heavy atom. The Hall–Kier alpha value is -3.98. The highest BCUT2D eigenvalue weighted by atomic mass is 35.5. The molecule has 168 valence electrons. The quantitative estimate of drug-likeness (QED) is 0.364. The molecule has 0 saturated heterocycles. The van der Waals surface area contributed by atoms with Crippen molar-refractivity contribution in [2.45, 2.75) is 26.8 Å². The van der Waals surface area contributed by atoms with Gasteiger partial charge in [0.05, 0.1) is 22.8 Å². The number of carbonyl (C=O) groups is 2. The predicted molar refractivity (Wildman–Crippen MR) is 129 cm³/mol. The number of carbonyl (C=O) groups excluding carboxylic acids is 2. The van der Waals surface area contributed by atoms with Gasteiger partial charge in [0, 0.05) is 34.7 Å². The molecule has 3 heterocycles. The van der Waals surface area contributed by atoms with Crippen LogP contribution in [0.2, 0.25) is 5.02 Å². The zero-order valence-electron chi connectivity index (χ0n) is 18.3. The summed E-state index contributed by atoms with van der Waals surface area (Å²) in [5.41, 5.74) is 9.11. The van der Waals surface area contributed by atoms with Crippen molar-refractivity contribution in [1.82, 2.24) is 19.5 Å². The van der Waals surface area contributed by atoms with Gasteiger partial charge in [-0.25, -0.2) is 14.8 Å². The first-order valence-electron chi connectivity index (χ1n) is 10.2. The lowest BCUT2D eigenvalue weighted by molar-refractivity contribution is 0.103. The molecule has 0 atom stereocenters. The van der Waals surface area contributed by atoms with Crippen LogP contribution in [-0.2, 0) is 0 Å². The van der Waals surface area contributed by atoms with Crippen molar-refractivity contribution in [3.05, 3.63) is 70.9 Å². The summed E-state index contributed by atoms with van der Waals surface area (Å²) in [7, 11) is 0. The standard InChI is InChI=1S/C23H22ClN7O2/c1-12(2)31-10-17(19-21(25)27-11-28-22(19)31)20(32)14-6-16(9-26-8-14)30-23(33)29-15-5-4-13(3)18(24)7-15/h4-12H,1-3H3,(H2,25,27,28)(H2,29,30,33). The molecule has 4 N–H and O–H groups in total. The van der Waals surface area contributed by atoms with Crippen molar-refractivity contribution in [3.8, 4) is 0 Å². The molecular weight excluding hydrogens is 442 g/mol. The van der Waals surface area contributed by atoms with E-state index in [1.807, 2.05) is 31.4 Å². The molecule has 0 aliphatic carbocycles. The highest BCUT2D eigenvalue weighted by Gasteiger charge is 2.22. The van der Waals surface area contributed by atoms with Gasteiger partial charge >= 0.3 is 6.03 Å². The van der Waals surface area contributed by atoms with Crippen molar-refractivity contribution in [2.24, 2.45) is 0 Å². The van der Waals surface area contributed by atoms with Crippen molar-refractivity contribution in [3.63, 3.8) is 0 Å². The van der Waals surface area contributed by atoms with E-state index in [9.17, 15) is 9.59 Å². The van der Waals surface area contributed by atoms with E-state index in [-0.39, 0.29) is 23.2 Å². The molecule has 1 aromatic carbocycles. The van der Waals surface area contributed by atoms with Gasteiger partial charge in [0.15, 0.2) is 5.78 Å². The van der Waals surface area contributed by atoms with Gasteiger partial charge in [-0.1, -0.05) is 17.7 Å². The lowest BCUT2D eigenvalue weighted by atomic mass is 10.1. The van der Waals surface area contributed by atoms with E-state index in [1.54, 1.807) is 24.4 Å². The average Bonchev–Trinajstić information content (AvgIpc) is 3.17. The van der Waals surface area contributed by atoms with E-state index in [4.69, 9.17) is 17.3 Å². The van der Waals surface area contributed by atoms with Crippen LogP contribution in [0.4, 0.5) is 22.0 Å². The summed E-state index contributed by atoms with van der Waals surface area (Å²) in [6.45, 7) is 5.84. The zero-order valence-corrected chi connectivity index (χ0v) is 19.0. The Balaban J connectivity index is 1.60. The van der Waals surface area contributed by atoms with Crippen LogP contribution >= 0.6 is 11.6 Å². The summed E-state index contributed by atoms with van der Waals surface area (Å²) in [6.07, 6.45) is 5.98. The molecule has 0 unspecified atom stereocenters. The molecule has 4 rings (SSSR count). The topological polar surface area (TPSA) is 128 Å². The maximum absolute atomic E-state index is 13.3. The number of nitrogens with two attached hydrogens (primary N) is 1. The van der Waals surface area contributed by atoms with Crippen LogP contribution in [0.5, 0.6) is 0 Å². The lowest BCUT2D eigenvalue weighted by Gasteiger charge is -2.09. The summed E-state index contributed by atoms with van der Waals surface area (Å²) < 4.78 is 1.87. The second-order valence-corrected chi connectivity index (χ2v) is 8.24. The highest BCUT2D eigenvalue weighted by molar-refractivity contribution is 6.31. The third-order valence-corrected chi connectivity index (χ3v) is 5.53. The Bertz CT molecular complexity index is 1380. The molecular formula is C23H22ClN7O2. The monoisotopic (exact) mass is 463 g/mol. The third-order valence-electron chi connectivity index (χ3n) is 5.13. The van der Waals surface area contributed by atoms with Crippen LogP contribution in [0.25, 0.3) is 11.0 Å². The van der Waals surface area contributed by atoms with Crippen LogP contribution in [0.1, 0.15) is 41.4 Å². The zero-order chi connectivity index (χ0) is 23.7. The molecule has 0 saturated carbocycles. The van der Waals surface area contributed by atoms with E-state index in [0.717, 1.165) is 5.56 Å². The minimum absolute atomic E-state index is 0.0634. The van der Waals surface area contributed by atoms with Crippen molar-refractivity contribution >= 4 is 51.6 Å². The normalized spacial score (nSPS) is 11.1. The highest BCUT2D eigenvalue weighted by Crippen LogP contribution is 2.28. The minimum atomic E-state index is -0.490. The first kappa shape index (κ1) is 22.2. The van der Waals surface area contributed by atoms with E-state index in [0.29, 0.717) is 33.0 Å². The number of hydrogen-bond donors (Lipinski definition) is 3. The first-order valence-corrected chi connectivity index (χ1v) is 10.6. The summed E-state index contributed by atoms with van der Waals surface area (Å²) in [5.74, 6) is -0.0797. The fourth-order valence-electron chi connectivity index (χ4n) is 3.43. The molecule has 33 heavy (non-hydrogen) atoms. The molecule has 3 aromatic heterocycles. The van der Waals surface area contributed by atoms with Crippen molar-refractivity contribution < 1.29 is 9.59 Å². The number of halogens is 1. The molecule has 2 amide bonds. The SMILES string of the molecule is Cc1ccc(NC(=O)Nc2cncc(C(=O)c3cn(C(C)C)c4ncnc(N)c34)c2)cc1Cl. The molecule has 10 heteroatoms. The number of hydrogen-bond acceptors (Lipinski definition) is 6. The van der Waals surface area contributed by atoms with Gasteiger partial charge in [-0.3, -0.25) is 9.78 Å². The number of anilines is 3. The number of urea groups is 1. The number of nitrogens with zero attached hydrogens (tertiary/aromatic N) is 4. The number of pyridine rings is 1. The first-order chi connectivity index (χ1) is 15.7. The molecule has 0 fully saturated rings. The van der Waals surface area contributed by atoms with Gasteiger partial charge in [-0.15, -0.1) is 0 Å². The number of aromatic nitrogens is 4. The molecule has 0 spiro atoms. The van der Waals surface area contributed by atoms with Gasteiger partial charge in [-0.2, -0.15) is 0 Å². The molecule has 0 radical (unpaired) electrons.